The van der Waals surface area contributed by atoms with Gasteiger partial charge in [0.1, 0.15) is 12.4 Å². The van der Waals surface area contributed by atoms with Gasteiger partial charge in [0.25, 0.3) is 11.4 Å². The number of carbonyl (C=O) groups is 1. The molecule has 2 aromatic heterocycles. The van der Waals surface area contributed by atoms with Gasteiger partial charge in [0, 0.05) is 17.4 Å². The number of halogens is 1. The Bertz CT molecular complexity index is 1290. The quantitative estimate of drug-likeness (QED) is 0.542. The number of anilines is 1. The van der Waals surface area contributed by atoms with Gasteiger partial charge in [-0.1, -0.05) is 49.3 Å². The molecule has 0 spiro atoms. The van der Waals surface area contributed by atoms with Gasteiger partial charge in [-0.25, -0.2) is 4.39 Å². The van der Waals surface area contributed by atoms with Crippen LogP contribution in [0.15, 0.2) is 63.9 Å². The molecule has 2 aromatic carbocycles. The molecular weight excluding hydrogens is 387 g/mol. The molecule has 0 fully saturated rings. The normalized spacial score (nSPS) is 11.2. The average Bonchev–Trinajstić information content (AvgIpc) is 3.22. The minimum absolute atomic E-state index is 0.0588. The lowest BCUT2D eigenvalue weighted by atomic mass is 10.1. The summed E-state index contributed by atoms with van der Waals surface area (Å²) in [6.07, 6.45) is 0. The SMILES string of the molecule is CC(C)c1noc(-c2cc(=O)n(CC(=O)Nc3ccccc3F)c3ccccc23)n1. The summed E-state index contributed by atoms with van der Waals surface area (Å²) in [4.78, 5) is 29.7. The van der Waals surface area contributed by atoms with E-state index >= 15 is 0 Å². The minimum Gasteiger partial charge on any atom is -0.334 e. The molecule has 1 amide bonds. The molecule has 0 bridgehead atoms. The molecule has 1 N–H and O–H groups in total. The molecule has 30 heavy (non-hydrogen) atoms. The molecule has 8 heteroatoms. The Balaban J connectivity index is 1.73. The number of nitrogens with one attached hydrogen (secondary N) is 1. The van der Waals surface area contributed by atoms with Crippen molar-refractivity contribution in [3.05, 3.63) is 76.6 Å². The number of benzene rings is 2. The molecule has 0 atom stereocenters. The lowest BCUT2D eigenvalue weighted by Gasteiger charge is -2.12. The van der Waals surface area contributed by atoms with E-state index in [2.05, 4.69) is 15.5 Å². The third-order valence-corrected chi connectivity index (χ3v) is 4.66. The van der Waals surface area contributed by atoms with E-state index in [4.69, 9.17) is 4.52 Å². The first-order valence-electron chi connectivity index (χ1n) is 9.45. The smallest absolute Gasteiger partial charge is 0.258 e. The second kappa shape index (κ2) is 7.90. The molecule has 4 rings (SSSR count). The van der Waals surface area contributed by atoms with Gasteiger partial charge < -0.3 is 9.84 Å². The van der Waals surface area contributed by atoms with Gasteiger partial charge in [0.05, 0.1) is 16.8 Å². The molecule has 0 aliphatic rings. The fourth-order valence-electron chi connectivity index (χ4n) is 3.15. The van der Waals surface area contributed by atoms with E-state index in [1.165, 1.54) is 28.8 Å². The topological polar surface area (TPSA) is 90.0 Å². The maximum absolute atomic E-state index is 13.8. The molecule has 4 aromatic rings. The van der Waals surface area contributed by atoms with Crippen molar-refractivity contribution in [2.45, 2.75) is 26.3 Å². The van der Waals surface area contributed by atoms with Crippen molar-refractivity contribution in [2.75, 3.05) is 5.32 Å². The highest BCUT2D eigenvalue weighted by molar-refractivity contribution is 5.95. The van der Waals surface area contributed by atoms with Crippen molar-refractivity contribution in [3.8, 4) is 11.5 Å². The summed E-state index contributed by atoms with van der Waals surface area (Å²) in [6.45, 7) is 3.62. The third-order valence-electron chi connectivity index (χ3n) is 4.66. The number of para-hydroxylation sites is 2. The average molecular weight is 406 g/mol. The lowest BCUT2D eigenvalue weighted by Crippen LogP contribution is -2.28. The second-order valence-electron chi connectivity index (χ2n) is 7.14. The summed E-state index contributed by atoms with van der Waals surface area (Å²) in [5.74, 6) is -0.190. The van der Waals surface area contributed by atoms with Crippen LogP contribution in [0.3, 0.4) is 0 Å². The Morgan fingerprint density at radius 3 is 2.63 bits per heavy atom. The first kappa shape index (κ1) is 19.5. The summed E-state index contributed by atoms with van der Waals surface area (Å²) < 4.78 is 20.5. The van der Waals surface area contributed by atoms with Crippen LogP contribution in [0.4, 0.5) is 10.1 Å². The van der Waals surface area contributed by atoms with Crippen molar-refractivity contribution >= 4 is 22.5 Å². The third kappa shape index (κ3) is 3.71. The molecule has 0 radical (unpaired) electrons. The van der Waals surface area contributed by atoms with Crippen LogP contribution >= 0.6 is 0 Å². The van der Waals surface area contributed by atoms with Crippen LogP contribution in [0.2, 0.25) is 0 Å². The number of pyridine rings is 1. The van der Waals surface area contributed by atoms with Gasteiger partial charge in [0.2, 0.25) is 5.91 Å². The summed E-state index contributed by atoms with van der Waals surface area (Å²) in [7, 11) is 0. The number of aromatic nitrogens is 3. The molecule has 7 nitrogen and oxygen atoms in total. The van der Waals surface area contributed by atoms with E-state index in [-0.39, 0.29) is 24.0 Å². The van der Waals surface area contributed by atoms with Crippen molar-refractivity contribution < 1.29 is 13.7 Å². The molecule has 0 aliphatic heterocycles. The largest absolute Gasteiger partial charge is 0.334 e. The Morgan fingerprint density at radius 2 is 1.90 bits per heavy atom. The predicted molar refractivity (Wildman–Crippen MR) is 111 cm³/mol. The maximum atomic E-state index is 13.8. The monoisotopic (exact) mass is 406 g/mol. The first-order valence-corrected chi connectivity index (χ1v) is 9.45. The van der Waals surface area contributed by atoms with Crippen LogP contribution in [-0.2, 0) is 11.3 Å². The summed E-state index contributed by atoms with van der Waals surface area (Å²) >= 11 is 0. The fraction of sp³-hybridized carbons (Fsp3) is 0.182. The van der Waals surface area contributed by atoms with Crippen LogP contribution < -0.4 is 10.9 Å². The Labute approximate surface area is 171 Å². The molecule has 152 valence electrons. The van der Waals surface area contributed by atoms with Crippen molar-refractivity contribution in [3.63, 3.8) is 0 Å². The van der Waals surface area contributed by atoms with E-state index in [9.17, 15) is 14.0 Å². The number of rotatable bonds is 5. The predicted octanol–water partition coefficient (Wildman–Crippen LogP) is 3.95. The highest BCUT2D eigenvalue weighted by Crippen LogP contribution is 2.27. The van der Waals surface area contributed by atoms with Crippen molar-refractivity contribution in [2.24, 2.45) is 0 Å². The summed E-state index contributed by atoms with van der Waals surface area (Å²) in [5.41, 5.74) is 0.689. The van der Waals surface area contributed by atoms with E-state index < -0.39 is 17.3 Å². The van der Waals surface area contributed by atoms with Gasteiger partial charge in [-0.2, -0.15) is 4.98 Å². The zero-order valence-electron chi connectivity index (χ0n) is 16.4. The number of hydrogen-bond acceptors (Lipinski definition) is 5. The molecule has 0 aliphatic carbocycles. The van der Waals surface area contributed by atoms with E-state index in [1.54, 1.807) is 18.2 Å². The number of hydrogen-bond donors (Lipinski definition) is 1. The number of nitrogens with zero attached hydrogens (tertiary/aromatic N) is 3. The standard InChI is InChI=1S/C22H19FN4O3/c1-13(2)21-25-22(30-26-21)15-11-20(29)27(18-10-6-3-7-14(15)18)12-19(28)24-17-9-5-4-8-16(17)23/h3-11,13H,12H2,1-2H3,(H,24,28). The van der Waals surface area contributed by atoms with Crippen LogP contribution in [0.1, 0.15) is 25.6 Å². The maximum Gasteiger partial charge on any atom is 0.258 e. The minimum atomic E-state index is -0.546. The van der Waals surface area contributed by atoms with Crippen LogP contribution in [0.5, 0.6) is 0 Å². The number of carbonyl (C=O) groups excluding carboxylic acids is 1. The zero-order chi connectivity index (χ0) is 21.3. The van der Waals surface area contributed by atoms with E-state index in [0.717, 1.165) is 0 Å². The Morgan fingerprint density at radius 1 is 1.17 bits per heavy atom. The van der Waals surface area contributed by atoms with Gasteiger partial charge >= 0.3 is 0 Å². The zero-order valence-corrected chi connectivity index (χ0v) is 16.4. The highest BCUT2D eigenvalue weighted by atomic mass is 19.1. The molecular formula is C22H19FN4O3. The molecule has 0 saturated heterocycles. The van der Waals surface area contributed by atoms with Crippen molar-refractivity contribution in [1.82, 2.24) is 14.7 Å². The number of amides is 1. The summed E-state index contributed by atoms with van der Waals surface area (Å²) in [6, 6.07) is 14.4. The van der Waals surface area contributed by atoms with Gasteiger partial charge in [-0.3, -0.25) is 14.2 Å². The molecule has 0 saturated carbocycles. The first-order chi connectivity index (χ1) is 14.4. The van der Waals surface area contributed by atoms with Crippen molar-refractivity contribution in [1.29, 1.82) is 0 Å². The lowest BCUT2D eigenvalue weighted by molar-refractivity contribution is -0.116. The van der Waals surface area contributed by atoms with E-state index in [0.29, 0.717) is 22.3 Å². The Hall–Kier alpha value is -3.81. The number of fused-ring (bicyclic) bond motifs is 1. The van der Waals surface area contributed by atoms with Gasteiger partial charge in [-0.05, 0) is 18.2 Å². The van der Waals surface area contributed by atoms with Crippen LogP contribution in [-0.4, -0.2) is 20.6 Å². The second-order valence-corrected chi connectivity index (χ2v) is 7.14. The van der Waals surface area contributed by atoms with Gasteiger partial charge in [0.15, 0.2) is 5.82 Å². The van der Waals surface area contributed by atoms with Gasteiger partial charge in [-0.15, -0.1) is 0 Å². The summed E-state index contributed by atoms with van der Waals surface area (Å²) in [5, 5.41) is 7.15. The highest BCUT2D eigenvalue weighted by Gasteiger charge is 2.18. The Kier molecular flexibility index (Phi) is 5.14. The molecule has 2 heterocycles. The van der Waals surface area contributed by atoms with Crippen LogP contribution in [0.25, 0.3) is 22.4 Å². The molecule has 0 unspecified atom stereocenters. The van der Waals surface area contributed by atoms with E-state index in [1.807, 2.05) is 26.0 Å². The fourth-order valence-corrected chi connectivity index (χ4v) is 3.15. The van der Waals surface area contributed by atoms with Crippen LogP contribution in [0, 0.1) is 5.82 Å².